The Morgan fingerprint density at radius 2 is 2.14 bits per heavy atom. The minimum absolute atomic E-state index is 0.000420. The Morgan fingerprint density at radius 3 is 2.76 bits per heavy atom. The van der Waals surface area contributed by atoms with Gasteiger partial charge in [0.1, 0.15) is 0 Å². The Balaban J connectivity index is 2.17. The second-order valence-corrected chi connectivity index (χ2v) is 5.69. The lowest BCUT2D eigenvalue weighted by Crippen LogP contribution is -2.45. The third-order valence-electron chi connectivity index (χ3n) is 3.52. The molecule has 1 saturated heterocycles. The third kappa shape index (κ3) is 3.88. The first-order chi connectivity index (χ1) is 10.0. The molecule has 1 amide bonds. The summed E-state index contributed by atoms with van der Waals surface area (Å²) in [6.07, 6.45) is 1.99. The van der Waals surface area contributed by atoms with Crippen molar-refractivity contribution in [3.05, 3.63) is 23.8 Å². The third-order valence-corrected chi connectivity index (χ3v) is 3.52. The first-order valence-corrected chi connectivity index (χ1v) is 7.40. The van der Waals surface area contributed by atoms with Gasteiger partial charge in [0, 0.05) is 24.7 Å². The van der Waals surface area contributed by atoms with Crippen LogP contribution in [0, 0.1) is 0 Å². The summed E-state index contributed by atoms with van der Waals surface area (Å²) >= 11 is 0. The van der Waals surface area contributed by atoms with Crippen LogP contribution >= 0.6 is 0 Å². The monoisotopic (exact) mass is 292 g/mol. The molecule has 0 aliphatic carbocycles. The molecule has 21 heavy (non-hydrogen) atoms. The van der Waals surface area contributed by atoms with Crippen LogP contribution in [-0.2, 0) is 0 Å². The molecular weight excluding hydrogens is 268 g/mol. The Kier molecular flexibility index (Phi) is 5.07. The molecule has 1 fully saturated rings. The van der Waals surface area contributed by atoms with Crippen molar-refractivity contribution in [1.29, 1.82) is 0 Å². The van der Waals surface area contributed by atoms with Gasteiger partial charge >= 0.3 is 0 Å². The van der Waals surface area contributed by atoms with Gasteiger partial charge in [-0.1, -0.05) is 0 Å². The smallest absolute Gasteiger partial charge is 0.254 e. The van der Waals surface area contributed by atoms with E-state index in [1.54, 1.807) is 25.3 Å². The molecule has 1 aliphatic heterocycles. The Hall–Kier alpha value is -1.75. The van der Waals surface area contributed by atoms with Crippen molar-refractivity contribution in [2.24, 2.45) is 5.73 Å². The number of likely N-dealkylation sites (tertiary alicyclic amines) is 1. The summed E-state index contributed by atoms with van der Waals surface area (Å²) in [6.45, 7) is 5.28. The van der Waals surface area contributed by atoms with E-state index < -0.39 is 0 Å². The second-order valence-electron chi connectivity index (χ2n) is 5.69. The summed E-state index contributed by atoms with van der Waals surface area (Å²) in [5, 5.41) is 0. The predicted molar refractivity (Wildman–Crippen MR) is 81.9 cm³/mol. The van der Waals surface area contributed by atoms with E-state index in [2.05, 4.69) is 0 Å². The molecule has 1 unspecified atom stereocenters. The number of hydrogen-bond acceptors (Lipinski definition) is 4. The number of hydrogen-bond donors (Lipinski definition) is 1. The predicted octanol–water partition coefficient (Wildman–Crippen LogP) is 2.05. The number of ether oxygens (including phenoxy) is 2. The quantitative estimate of drug-likeness (QED) is 0.922. The van der Waals surface area contributed by atoms with Crippen LogP contribution < -0.4 is 15.2 Å². The van der Waals surface area contributed by atoms with Gasteiger partial charge in [0.15, 0.2) is 11.5 Å². The van der Waals surface area contributed by atoms with Gasteiger partial charge in [-0.05, 0) is 44.9 Å². The SMILES string of the molecule is COc1cc(C(=O)N2CCCC(N)C2)ccc1OC(C)C. The molecule has 5 nitrogen and oxygen atoms in total. The zero-order valence-electron chi connectivity index (χ0n) is 13.0. The number of piperidine rings is 1. The van der Waals surface area contributed by atoms with Crippen LogP contribution in [0.4, 0.5) is 0 Å². The van der Waals surface area contributed by atoms with Crippen molar-refractivity contribution in [1.82, 2.24) is 4.90 Å². The summed E-state index contributed by atoms with van der Waals surface area (Å²) in [5.74, 6) is 1.23. The summed E-state index contributed by atoms with van der Waals surface area (Å²) in [6, 6.07) is 5.38. The largest absolute Gasteiger partial charge is 0.493 e. The number of carbonyl (C=O) groups is 1. The average molecular weight is 292 g/mol. The van der Waals surface area contributed by atoms with Crippen molar-refractivity contribution in [3.63, 3.8) is 0 Å². The fraction of sp³-hybridized carbons (Fsp3) is 0.562. The molecular formula is C16H24N2O3. The molecule has 2 N–H and O–H groups in total. The molecule has 1 aromatic carbocycles. The standard InChI is InChI=1S/C16H24N2O3/c1-11(2)21-14-7-6-12(9-15(14)20-3)16(19)18-8-4-5-13(17)10-18/h6-7,9,11,13H,4-5,8,10,17H2,1-3H3. The molecule has 0 aromatic heterocycles. The van der Waals surface area contributed by atoms with Crippen LogP contribution in [0.2, 0.25) is 0 Å². The lowest BCUT2D eigenvalue weighted by Gasteiger charge is -2.31. The molecule has 0 saturated carbocycles. The minimum Gasteiger partial charge on any atom is -0.493 e. The summed E-state index contributed by atoms with van der Waals surface area (Å²) in [5.41, 5.74) is 6.55. The van der Waals surface area contributed by atoms with Crippen LogP contribution in [0.1, 0.15) is 37.0 Å². The first kappa shape index (κ1) is 15.6. The molecule has 5 heteroatoms. The van der Waals surface area contributed by atoms with Gasteiger partial charge in [0.05, 0.1) is 13.2 Å². The van der Waals surface area contributed by atoms with Crippen LogP contribution in [0.3, 0.4) is 0 Å². The molecule has 1 aromatic rings. The Bertz CT molecular complexity index is 502. The maximum absolute atomic E-state index is 12.5. The fourth-order valence-corrected chi connectivity index (χ4v) is 2.53. The Labute approximate surface area is 126 Å². The highest BCUT2D eigenvalue weighted by Crippen LogP contribution is 2.29. The van der Waals surface area contributed by atoms with E-state index in [0.29, 0.717) is 23.6 Å². The zero-order valence-corrected chi connectivity index (χ0v) is 13.0. The molecule has 1 heterocycles. The number of methoxy groups -OCH3 is 1. The van der Waals surface area contributed by atoms with Crippen molar-refractivity contribution in [2.45, 2.75) is 38.8 Å². The highest BCUT2D eigenvalue weighted by Gasteiger charge is 2.23. The molecule has 116 valence electrons. The van der Waals surface area contributed by atoms with E-state index in [1.807, 2.05) is 18.7 Å². The average Bonchev–Trinajstić information content (AvgIpc) is 2.46. The number of carbonyl (C=O) groups excluding carboxylic acids is 1. The first-order valence-electron chi connectivity index (χ1n) is 7.40. The molecule has 1 aliphatic rings. The van der Waals surface area contributed by atoms with E-state index in [-0.39, 0.29) is 18.1 Å². The normalized spacial score (nSPS) is 18.7. The second kappa shape index (κ2) is 6.80. The Morgan fingerprint density at radius 1 is 1.38 bits per heavy atom. The molecule has 0 radical (unpaired) electrons. The lowest BCUT2D eigenvalue weighted by atomic mass is 10.1. The van der Waals surface area contributed by atoms with Crippen LogP contribution in [0.25, 0.3) is 0 Å². The number of amides is 1. The number of nitrogens with zero attached hydrogens (tertiary/aromatic N) is 1. The molecule has 0 bridgehead atoms. The number of benzene rings is 1. The van der Waals surface area contributed by atoms with E-state index in [9.17, 15) is 4.79 Å². The molecule has 2 rings (SSSR count). The summed E-state index contributed by atoms with van der Waals surface area (Å²) in [7, 11) is 1.58. The van der Waals surface area contributed by atoms with Gasteiger partial charge in [-0.25, -0.2) is 0 Å². The topological polar surface area (TPSA) is 64.8 Å². The zero-order chi connectivity index (χ0) is 15.4. The fourth-order valence-electron chi connectivity index (χ4n) is 2.53. The maximum atomic E-state index is 12.5. The molecule has 1 atom stereocenters. The van der Waals surface area contributed by atoms with Crippen LogP contribution in [0.5, 0.6) is 11.5 Å². The highest BCUT2D eigenvalue weighted by atomic mass is 16.5. The van der Waals surface area contributed by atoms with Crippen LogP contribution in [-0.4, -0.2) is 43.2 Å². The van der Waals surface area contributed by atoms with Gasteiger partial charge < -0.3 is 20.1 Å². The van der Waals surface area contributed by atoms with Gasteiger partial charge in [-0.15, -0.1) is 0 Å². The van der Waals surface area contributed by atoms with E-state index in [4.69, 9.17) is 15.2 Å². The van der Waals surface area contributed by atoms with Crippen molar-refractivity contribution in [3.8, 4) is 11.5 Å². The van der Waals surface area contributed by atoms with Crippen molar-refractivity contribution in [2.75, 3.05) is 20.2 Å². The number of nitrogens with two attached hydrogens (primary N) is 1. The van der Waals surface area contributed by atoms with Crippen molar-refractivity contribution >= 4 is 5.91 Å². The van der Waals surface area contributed by atoms with E-state index in [1.165, 1.54) is 0 Å². The minimum atomic E-state index is -0.000420. The summed E-state index contributed by atoms with van der Waals surface area (Å²) < 4.78 is 11.0. The van der Waals surface area contributed by atoms with E-state index in [0.717, 1.165) is 19.4 Å². The van der Waals surface area contributed by atoms with Crippen molar-refractivity contribution < 1.29 is 14.3 Å². The van der Waals surface area contributed by atoms with Gasteiger partial charge in [-0.2, -0.15) is 0 Å². The van der Waals surface area contributed by atoms with Gasteiger partial charge in [0.2, 0.25) is 0 Å². The van der Waals surface area contributed by atoms with Gasteiger partial charge in [0.25, 0.3) is 5.91 Å². The van der Waals surface area contributed by atoms with Crippen LogP contribution in [0.15, 0.2) is 18.2 Å². The van der Waals surface area contributed by atoms with E-state index >= 15 is 0 Å². The maximum Gasteiger partial charge on any atom is 0.254 e. The molecule has 0 spiro atoms. The summed E-state index contributed by atoms with van der Waals surface area (Å²) in [4.78, 5) is 14.3. The lowest BCUT2D eigenvalue weighted by molar-refractivity contribution is 0.0708. The highest BCUT2D eigenvalue weighted by molar-refractivity contribution is 5.95. The van der Waals surface area contributed by atoms with Gasteiger partial charge in [-0.3, -0.25) is 4.79 Å². The number of rotatable bonds is 4.